The minimum atomic E-state index is -0.775. The highest BCUT2D eigenvalue weighted by Crippen LogP contribution is 2.19. The lowest BCUT2D eigenvalue weighted by molar-refractivity contribution is -0.157. The Morgan fingerprint density at radius 1 is 1.75 bits per heavy atom. The van der Waals surface area contributed by atoms with Crippen LogP contribution in [0.15, 0.2) is 12.2 Å². The number of esters is 2. The van der Waals surface area contributed by atoms with Gasteiger partial charge in [-0.25, -0.2) is 4.79 Å². The van der Waals surface area contributed by atoms with E-state index in [4.69, 9.17) is 9.47 Å². The van der Waals surface area contributed by atoms with Crippen LogP contribution in [0.1, 0.15) is 13.8 Å². The van der Waals surface area contributed by atoms with Gasteiger partial charge in [-0.15, -0.1) is 0 Å². The predicted molar refractivity (Wildman–Crippen MR) is 40.3 cm³/mol. The molecule has 0 spiro atoms. The van der Waals surface area contributed by atoms with Crippen LogP contribution in [-0.2, 0) is 19.1 Å². The molecule has 12 heavy (non-hydrogen) atoms. The second kappa shape index (κ2) is 2.97. The molecule has 1 aliphatic rings. The van der Waals surface area contributed by atoms with Crippen LogP contribution >= 0.6 is 0 Å². The van der Waals surface area contributed by atoms with Crippen LogP contribution in [0.3, 0.4) is 0 Å². The van der Waals surface area contributed by atoms with Gasteiger partial charge in [0, 0.05) is 13.0 Å². The summed E-state index contributed by atoms with van der Waals surface area (Å²) in [6, 6.07) is 0. The van der Waals surface area contributed by atoms with Gasteiger partial charge in [-0.1, -0.05) is 0 Å². The first-order valence-corrected chi connectivity index (χ1v) is 3.57. The van der Waals surface area contributed by atoms with Crippen LogP contribution in [0.4, 0.5) is 0 Å². The average Bonchev–Trinajstić information content (AvgIpc) is 2.29. The van der Waals surface area contributed by atoms with Crippen molar-refractivity contribution >= 4 is 11.9 Å². The minimum absolute atomic E-state index is 0.0740. The molecule has 66 valence electrons. The molecule has 0 saturated heterocycles. The summed E-state index contributed by atoms with van der Waals surface area (Å²) in [4.78, 5) is 21.1. The molecule has 0 amide bonds. The maximum absolute atomic E-state index is 10.7. The van der Waals surface area contributed by atoms with Gasteiger partial charge in [0.05, 0.1) is 0 Å². The number of ether oxygens (including phenoxy) is 2. The molecular formula is C8H10O4. The van der Waals surface area contributed by atoms with Crippen LogP contribution < -0.4 is 0 Å². The molecule has 0 bridgehead atoms. The van der Waals surface area contributed by atoms with Gasteiger partial charge in [-0.3, -0.25) is 4.79 Å². The lowest BCUT2D eigenvalue weighted by atomic mass is 10.1. The van der Waals surface area contributed by atoms with Crippen molar-refractivity contribution in [2.75, 3.05) is 6.61 Å². The molecule has 0 N–H and O–H groups in total. The third-order valence-electron chi connectivity index (χ3n) is 1.47. The molecule has 0 aliphatic carbocycles. The molecular weight excluding hydrogens is 160 g/mol. The smallest absolute Gasteiger partial charge is 0.331 e. The Hall–Kier alpha value is -1.32. The second-order valence-corrected chi connectivity index (χ2v) is 2.85. The number of hydrogen-bond acceptors (Lipinski definition) is 4. The highest BCUT2D eigenvalue weighted by molar-refractivity contribution is 5.85. The van der Waals surface area contributed by atoms with Gasteiger partial charge in [0.1, 0.15) is 6.61 Å². The first-order valence-electron chi connectivity index (χ1n) is 3.57. The zero-order chi connectivity index (χ0) is 9.19. The van der Waals surface area contributed by atoms with E-state index in [1.165, 1.54) is 13.0 Å². The molecule has 0 aromatic carbocycles. The topological polar surface area (TPSA) is 52.6 Å². The Morgan fingerprint density at radius 2 is 2.42 bits per heavy atom. The summed E-state index contributed by atoms with van der Waals surface area (Å²) in [6.45, 7) is 3.06. The summed E-state index contributed by atoms with van der Waals surface area (Å²) in [6.07, 6.45) is 2.90. The zero-order valence-corrected chi connectivity index (χ0v) is 6.99. The fraction of sp³-hybridized carbons (Fsp3) is 0.500. The Kier molecular flexibility index (Phi) is 2.17. The van der Waals surface area contributed by atoms with E-state index >= 15 is 0 Å². The van der Waals surface area contributed by atoms with E-state index in [0.29, 0.717) is 0 Å². The summed E-state index contributed by atoms with van der Waals surface area (Å²) in [7, 11) is 0. The molecule has 4 nitrogen and oxygen atoms in total. The molecule has 1 atom stereocenters. The van der Waals surface area contributed by atoms with E-state index in [1.807, 2.05) is 0 Å². The first-order chi connectivity index (χ1) is 5.52. The van der Waals surface area contributed by atoms with Crippen molar-refractivity contribution in [3.8, 4) is 0 Å². The average molecular weight is 170 g/mol. The van der Waals surface area contributed by atoms with Crippen LogP contribution in [0.25, 0.3) is 0 Å². The van der Waals surface area contributed by atoms with E-state index in [1.54, 1.807) is 13.0 Å². The highest BCUT2D eigenvalue weighted by atomic mass is 16.6. The quantitative estimate of drug-likeness (QED) is 0.563. The van der Waals surface area contributed by atoms with Gasteiger partial charge in [-0.05, 0) is 13.0 Å². The summed E-state index contributed by atoms with van der Waals surface area (Å²) >= 11 is 0. The number of carbonyl (C=O) groups excluding carboxylic acids is 2. The highest BCUT2D eigenvalue weighted by Gasteiger charge is 2.31. The van der Waals surface area contributed by atoms with Crippen LogP contribution in [0.5, 0.6) is 0 Å². The molecule has 0 fully saturated rings. The van der Waals surface area contributed by atoms with Gasteiger partial charge in [-0.2, -0.15) is 0 Å². The Morgan fingerprint density at radius 3 is 2.83 bits per heavy atom. The fourth-order valence-corrected chi connectivity index (χ4v) is 0.865. The van der Waals surface area contributed by atoms with Crippen molar-refractivity contribution in [3.05, 3.63) is 12.2 Å². The van der Waals surface area contributed by atoms with E-state index < -0.39 is 11.6 Å². The predicted octanol–water partition coefficient (Wildman–Crippen LogP) is 0.421. The zero-order valence-electron chi connectivity index (χ0n) is 6.99. The summed E-state index contributed by atoms with van der Waals surface area (Å²) in [5, 5.41) is 0. The van der Waals surface area contributed by atoms with Crippen molar-refractivity contribution in [1.29, 1.82) is 0 Å². The molecule has 1 rings (SSSR count). The summed E-state index contributed by atoms with van der Waals surface area (Å²) < 4.78 is 9.58. The number of rotatable bonds is 2. The van der Waals surface area contributed by atoms with E-state index in [9.17, 15) is 9.59 Å². The van der Waals surface area contributed by atoms with Crippen molar-refractivity contribution < 1.29 is 19.1 Å². The van der Waals surface area contributed by atoms with Gasteiger partial charge in [0.25, 0.3) is 0 Å². The molecule has 0 unspecified atom stereocenters. The SMILES string of the molecule is CC(=O)OC[C@@]1(C)C=CC(=O)O1. The minimum Gasteiger partial charge on any atom is -0.461 e. The van der Waals surface area contributed by atoms with Crippen LogP contribution in [0, 0.1) is 0 Å². The van der Waals surface area contributed by atoms with Crippen molar-refractivity contribution in [2.24, 2.45) is 0 Å². The molecule has 0 saturated carbocycles. The molecule has 0 aromatic rings. The van der Waals surface area contributed by atoms with Gasteiger partial charge >= 0.3 is 11.9 Å². The van der Waals surface area contributed by atoms with Crippen molar-refractivity contribution in [2.45, 2.75) is 19.4 Å². The molecule has 0 radical (unpaired) electrons. The first kappa shape index (κ1) is 8.77. The summed E-state index contributed by atoms with van der Waals surface area (Å²) in [5.41, 5.74) is -0.775. The van der Waals surface area contributed by atoms with Crippen LogP contribution in [-0.4, -0.2) is 24.1 Å². The van der Waals surface area contributed by atoms with E-state index in [-0.39, 0.29) is 12.6 Å². The molecule has 4 heteroatoms. The molecule has 1 heterocycles. The fourth-order valence-electron chi connectivity index (χ4n) is 0.865. The maximum Gasteiger partial charge on any atom is 0.331 e. The lowest BCUT2D eigenvalue weighted by Crippen LogP contribution is -2.31. The third-order valence-corrected chi connectivity index (χ3v) is 1.47. The Bertz CT molecular complexity index is 243. The Labute approximate surface area is 70.1 Å². The van der Waals surface area contributed by atoms with Gasteiger partial charge < -0.3 is 9.47 Å². The second-order valence-electron chi connectivity index (χ2n) is 2.85. The number of cyclic esters (lactones) is 1. The number of carbonyl (C=O) groups is 2. The van der Waals surface area contributed by atoms with Gasteiger partial charge in [0.2, 0.25) is 0 Å². The normalized spacial score (nSPS) is 27.0. The number of hydrogen-bond donors (Lipinski definition) is 0. The maximum atomic E-state index is 10.7. The van der Waals surface area contributed by atoms with E-state index in [2.05, 4.69) is 0 Å². The van der Waals surface area contributed by atoms with E-state index in [0.717, 1.165) is 0 Å². The van der Waals surface area contributed by atoms with Crippen molar-refractivity contribution in [3.63, 3.8) is 0 Å². The molecule has 1 aliphatic heterocycles. The monoisotopic (exact) mass is 170 g/mol. The largest absolute Gasteiger partial charge is 0.461 e. The van der Waals surface area contributed by atoms with Crippen LogP contribution in [0.2, 0.25) is 0 Å². The Balaban J connectivity index is 2.46. The third kappa shape index (κ3) is 2.08. The van der Waals surface area contributed by atoms with Gasteiger partial charge in [0.15, 0.2) is 5.60 Å². The molecule has 0 aromatic heterocycles. The summed E-state index contributed by atoms with van der Waals surface area (Å²) in [5.74, 6) is -0.780. The standard InChI is InChI=1S/C8H10O4/c1-6(9)11-5-8(2)4-3-7(10)12-8/h3-4H,5H2,1-2H3/t8-/m1/s1. The lowest BCUT2D eigenvalue weighted by Gasteiger charge is -2.20. The van der Waals surface area contributed by atoms with Crippen molar-refractivity contribution in [1.82, 2.24) is 0 Å².